The van der Waals surface area contributed by atoms with Gasteiger partial charge in [-0.1, -0.05) is 30.3 Å². The number of aryl methyl sites for hydroxylation is 1. The van der Waals surface area contributed by atoms with Crippen LogP contribution in [0.5, 0.6) is 0 Å². The van der Waals surface area contributed by atoms with Gasteiger partial charge in [-0.3, -0.25) is 9.59 Å². The Bertz CT molecular complexity index is 490. The highest BCUT2D eigenvalue weighted by atomic mass is 16.2. The van der Waals surface area contributed by atoms with Gasteiger partial charge in [-0.2, -0.15) is 0 Å². The van der Waals surface area contributed by atoms with Crippen LogP contribution < -0.4 is 11.1 Å². The topological polar surface area (TPSA) is 75.4 Å². The number of benzene rings is 1. The molecule has 5 nitrogen and oxygen atoms in total. The molecule has 2 rings (SSSR count). The Labute approximate surface area is 125 Å². The van der Waals surface area contributed by atoms with Crippen LogP contribution >= 0.6 is 0 Å². The maximum Gasteiger partial charge on any atom is 0.242 e. The lowest BCUT2D eigenvalue weighted by atomic mass is 10.0. The van der Waals surface area contributed by atoms with Crippen molar-refractivity contribution in [3.8, 4) is 0 Å². The van der Waals surface area contributed by atoms with Gasteiger partial charge < -0.3 is 16.0 Å². The third-order valence-corrected chi connectivity index (χ3v) is 3.99. The number of carbonyl (C=O) groups excluding carboxylic acids is 2. The number of likely N-dealkylation sites (tertiary alicyclic amines) is 1. The predicted octanol–water partition coefficient (Wildman–Crippen LogP) is 0.684. The van der Waals surface area contributed by atoms with Crippen molar-refractivity contribution >= 4 is 11.8 Å². The van der Waals surface area contributed by atoms with Gasteiger partial charge >= 0.3 is 0 Å². The number of rotatable bonds is 5. The van der Waals surface area contributed by atoms with Crippen LogP contribution in [0, 0.1) is 0 Å². The molecule has 0 aliphatic carbocycles. The maximum atomic E-state index is 12.4. The maximum absolute atomic E-state index is 12.4. The molecule has 114 valence electrons. The highest BCUT2D eigenvalue weighted by Crippen LogP contribution is 2.19. The highest BCUT2D eigenvalue weighted by Gasteiger charge is 2.35. The minimum atomic E-state index is -0.546. The molecule has 0 saturated carbocycles. The summed E-state index contributed by atoms with van der Waals surface area (Å²) < 4.78 is 0. The summed E-state index contributed by atoms with van der Waals surface area (Å²) in [5, 5.41) is 2.61. The summed E-state index contributed by atoms with van der Waals surface area (Å²) in [4.78, 5) is 25.8. The molecule has 1 aliphatic heterocycles. The quantitative estimate of drug-likeness (QED) is 0.837. The van der Waals surface area contributed by atoms with Crippen molar-refractivity contribution in [1.82, 2.24) is 10.2 Å². The van der Waals surface area contributed by atoms with Gasteiger partial charge in [0.2, 0.25) is 11.8 Å². The molecule has 1 aromatic carbocycles. The minimum Gasteiger partial charge on any atom is -0.357 e. The third kappa shape index (κ3) is 3.82. The van der Waals surface area contributed by atoms with Crippen molar-refractivity contribution in [3.63, 3.8) is 0 Å². The molecular formula is C16H23N3O2. The lowest BCUT2D eigenvalue weighted by Gasteiger charge is -2.26. The van der Waals surface area contributed by atoms with Gasteiger partial charge in [0, 0.05) is 13.6 Å². The summed E-state index contributed by atoms with van der Waals surface area (Å²) in [6.45, 7) is 0.621. The van der Waals surface area contributed by atoms with E-state index in [1.165, 1.54) is 5.56 Å². The molecule has 21 heavy (non-hydrogen) atoms. The number of nitrogens with one attached hydrogen (secondary N) is 1. The number of nitrogens with two attached hydrogens (primary N) is 1. The number of amides is 2. The van der Waals surface area contributed by atoms with E-state index in [-0.39, 0.29) is 17.9 Å². The average Bonchev–Trinajstić information content (AvgIpc) is 3.01. The molecule has 0 bridgehead atoms. The fraction of sp³-hybridized carbons (Fsp3) is 0.500. The SMILES string of the molecule is CNC(=O)C1CCCN1C(=O)C(N)CCc1ccccc1. The summed E-state index contributed by atoms with van der Waals surface area (Å²) in [5.41, 5.74) is 7.20. The van der Waals surface area contributed by atoms with E-state index in [1.807, 2.05) is 30.3 Å². The van der Waals surface area contributed by atoms with Crippen molar-refractivity contribution in [3.05, 3.63) is 35.9 Å². The van der Waals surface area contributed by atoms with Gasteiger partial charge in [-0.05, 0) is 31.2 Å². The van der Waals surface area contributed by atoms with Crippen molar-refractivity contribution in [2.75, 3.05) is 13.6 Å². The minimum absolute atomic E-state index is 0.101. The predicted molar refractivity (Wildman–Crippen MR) is 81.5 cm³/mol. The third-order valence-electron chi connectivity index (χ3n) is 3.99. The van der Waals surface area contributed by atoms with E-state index < -0.39 is 6.04 Å². The van der Waals surface area contributed by atoms with E-state index in [0.29, 0.717) is 13.0 Å². The zero-order chi connectivity index (χ0) is 15.2. The molecule has 2 atom stereocenters. The molecule has 1 aromatic rings. The summed E-state index contributed by atoms with van der Waals surface area (Å²) >= 11 is 0. The van der Waals surface area contributed by atoms with Crippen LogP contribution in [0.4, 0.5) is 0 Å². The van der Waals surface area contributed by atoms with E-state index in [9.17, 15) is 9.59 Å². The molecule has 1 saturated heterocycles. The summed E-state index contributed by atoms with van der Waals surface area (Å²) in [6.07, 6.45) is 2.94. The summed E-state index contributed by atoms with van der Waals surface area (Å²) in [6, 6.07) is 9.07. The van der Waals surface area contributed by atoms with Gasteiger partial charge in [0.15, 0.2) is 0 Å². The second-order valence-electron chi connectivity index (χ2n) is 5.43. The van der Waals surface area contributed by atoms with Gasteiger partial charge in [0.25, 0.3) is 0 Å². The van der Waals surface area contributed by atoms with Crippen LogP contribution in [0.15, 0.2) is 30.3 Å². The Morgan fingerprint density at radius 1 is 1.38 bits per heavy atom. The van der Waals surface area contributed by atoms with Crippen LogP contribution in [-0.2, 0) is 16.0 Å². The second-order valence-corrected chi connectivity index (χ2v) is 5.43. The smallest absolute Gasteiger partial charge is 0.242 e. The van der Waals surface area contributed by atoms with Crippen LogP contribution in [0.2, 0.25) is 0 Å². The Morgan fingerprint density at radius 2 is 2.10 bits per heavy atom. The van der Waals surface area contributed by atoms with Crippen molar-refractivity contribution in [1.29, 1.82) is 0 Å². The first-order valence-electron chi connectivity index (χ1n) is 7.45. The van der Waals surface area contributed by atoms with E-state index >= 15 is 0 Å². The van der Waals surface area contributed by atoms with E-state index in [0.717, 1.165) is 19.3 Å². The first kappa shape index (κ1) is 15.5. The highest BCUT2D eigenvalue weighted by molar-refractivity contribution is 5.90. The molecule has 5 heteroatoms. The first-order chi connectivity index (χ1) is 10.1. The molecule has 0 aromatic heterocycles. The zero-order valence-electron chi connectivity index (χ0n) is 12.4. The second kappa shape index (κ2) is 7.22. The molecule has 0 spiro atoms. The van der Waals surface area contributed by atoms with Crippen LogP contribution in [-0.4, -0.2) is 42.4 Å². The fourth-order valence-electron chi connectivity index (χ4n) is 2.77. The van der Waals surface area contributed by atoms with E-state index in [1.54, 1.807) is 11.9 Å². The molecule has 2 amide bonds. The van der Waals surface area contributed by atoms with Gasteiger partial charge in [0.05, 0.1) is 6.04 Å². The van der Waals surface area contributed by atoms with Crippen molar-refractivity contribution < 1.29 is 9.59 Å². The van der Waals surface area contributed by atoms with Gasteiger partial charge in [0.1, 0.15) is 6.04 Å². The molecule has 3 N–H and O–H groups in total. The average molecular weight is 289 g/mol. The molecule has 1 aliphatic rings. The first-order valence-corrected chi connectivity index (χ1v) is 7.45. The standard InChI is InChI=1S/C16H23N3O2/c1-18-15(20)14-8-5-11-19(14)16(21)13(17)10-9-12-6-3-2-4-7-12/h2-4,6-7,13-14H,5,8-11,17H2,1H3,(H,18,20). The van der Waals surface area contributed by atoms with Crippen molar-refractivity contribution in [2.24, 2.45) is 5.73 Å². The lowest BCUT2D eigenvalue weighted by molar-refractivity contribution is -0.139. The fourth-order valence-corrected chi connectivity index (χ4v) is 2.77. The number of nitrogens with zero attached hydrogens (tertiary/aromatic N) is 1. The Kier molecular flexibility index (Phi) is 5.33. The largest absolute Gasteiger partial charge is 0.357 e. The molecule has 2 unspecified atom stereocenters. The van der Waals surface area contributed by atoms with Crippen LogP contribution in [0.25, 0.3) is 0 Å². The van der Waals surface area contributed by atoms with Crippen molar-refractivity contribution in [2.45, 2.75) is 37.8 Å². The normalized spacial score (nSPS) is 19.3. The Morgan fingerprint density at radius 3 is 2.76 bits per heavy atom. The van der Waals surface area contributed by atoms with Crippen LogP contribution in [0.1, 0.15) is 24.8 Å². The Hall–Kier alpha value is -1.88. The summed E-state index contributed by atoms with van der Waals surface area (Å²) in [5.74, 6) is -0.215. The van der Waals surface area contributed by atoms with Gasteiger partial charge in [-0.25, -0.2) is 0 Å². The van der Waals surface area contributed by atoms with Gasteiger partial charge in [-0.15, -0.1) is 0 Å². The lowest BCUT2D eigenvalue weighted by Crippen LogP contribution is -2.50. The van der Waals surface area contributed by atoms with E-state index in [2.05, 4.69) is 5.32 Å². The molecule has 0 radical (unpaired) electrons. The van der Waals surface area contributed by atoms with E-state index in [4.69, 9.17) is 5.73 Å². The number of hydrogen-bond acceptors (Lipinski definition) is 3. The monoisotopic (exact) mass is 289 g/mol. The molecule has 1 heterocycles. The van der Waals surface area contributed by atoms with Crippen LogP contribution in [0.3, 0.4) is 0 Å². The number of likely N-dealkylation sites (N-methyl/N-ethyl adjacent to an activating group) is 1. The summed E-state index contributed by atoms with van der Waals surface area (Å²) in [7, 11) is 1.60. The molecule has 1 fully saturated rings. The molecular weight excluding hydrogens is 266 g/mol. The Balaban J connectivity index is 1.91. The zero-order valence-corrected chi connectivity index (χ0v) is 12.4. The number of hydrogen-bond donors (Lipinski definition) is 2. The number of carbonyl (C=O) groups is 2.